The topological polar surface area (TPSA) is 18.5 Å². The van der Waals surface area contributed by atoms with Crippen molar-refractivity contribution in [3.05, 3.63) is 28.7 Å². The number of thiocarbonyl (C=S) groups is 1. The zero-order valence-corrected chi connectivity index (χ0v) is 17.6. The summed E-state index contributed by atoms with van der Waals surface area (Å²) in [6.45, 7) is 4.47. The molecule has 1 aromatic rings. The molecule has 1 aliphatic heterocycles. The highest BCUT2D eigenvalue weighted by Crippen LogP contribution is 2.55. The van der Waals surface area contributed by atoms with E-state index in [2.05, 4.69) is 55.3 Å². The van der Waals surface area contributed by atoms with E-state index >= 15 is 0 Å². The summed E-state index contributed by atoms with van der Waals surface area (Å²) in [6.07, 6.45) is 7.61. The highest BCUT2D eigenvalue weighted by molar-refractivity contribution is 9.10. The molecule has 0 atom stereocenters. The van der Waals surface area contributed by atoms with Crippen LogP contribution in [0.5, 0.6) is 0 Å². The fraction of sp³-hybridized carbons (Fsp3) is 0.667. The van der Waals surface area contributed by atoms with E-state index in [1.807, 2.05) is 0 Å². The molecular formula is C21H28BrN3S. The molecule has 3 nitrogen and oxygen atoms in total. The maximum atomic E-state index is 5.67. The van der Waals surface area contributed by atoms with E-state index in [4.69, 9.17) is 12.2 Å². The molecule has 0 unspecified atom stereocenters. The largest absolute Gasteiger partial charge is 0.346 e. The van der Waals surface area contributed by atoms with Gasteiger partial charge < -0.3 is 10.2 Å². The second-order valence-corrected chi connectivity index (χ2v) is 10.2. The Balaban J connectivity index is 1.17. The Morgan fingerprint density at radius 2 is 1.46 bits per heavy atom. The van der Waals surface area contributed by atoms with Crippen LogP contribution in [0.3, 0.4) is 0 Å². The standard InChI is InChI=1S/C21H28BrN3S/c22-18-1-3-19(4-2-18)23-21(26)25-7-5-24(6-8-25)20-16-10-14-9-15(12-16)13-17(20)11-14/h1-4,14-17,20H,5-13H2,(H,23,26). The minimum Gasteiger partial charge on any atom is -0.346 e. The summed E-state index contributed by atoms with van der Waals surface area (Å²) < 4.78 is 1.10. The molecule has 1 saturated heterocycles. The van der Waals surface area contributed by atoms with E-state index in [-0.39, 0.29) is 0 Å². The molecule has 0 radical (unpaired) electrons. The lowest BCUT2D eigenvalue weighted by molar-refractivity contribution is -0.0726. The monoisotopic (exact) mass is 433 g/mol. The van der Waals surface area contributed by atoms with E-state index in [0.29, 0.717) is 0 Å². The zero-order valence-electron chi connectivity index (χ0n) is 15.2. The van der Waals surface area contributed by atoms with Crippen LogP contribution in [-0.4, -0.2) is 47.1 Å². The first-order chi connectivity index (χ1) is 12.7. The van der Waals surface area contributed by atoms with Gasteiger partial charge in [-0.25, -0.2) is 0 Å². The SMILES string of the molecule is S=C(Nc1ccc(Br)cc1)N1CCN(C2C3CC4CC(C3)CC2C4)CC1. The molecule has 1 N–H and O–H groups in total. The number of halogens is 1. The first-order valence-corrected chi connectivity index (χ1v) is 11.4. The highest BCUT2D eigenvalue weighted by atomic mass is 79.9. The Labute approximate surface area is 170 Å². The van der Waals surface area contributed by atoms with Crippen LogP contribution in [0.25, 0.3) is 0 Å². The fourth-order valence-electron chi connectivity index (χ4n) is 6.45. The average Bonchev–Trinajstić information content (AvgIpc) is 2.63. The number of rotatable bonds is 2. The summed E-state index contributed by atoms with van der Waals surface area (Å²) in [5.74, 6) is 4.12. The Kier molecular flexibility index (Phi) is 4.74. The smallest absolute Gasteiger partial charge is 0.173 e. The minimum atomic E-state index is 0.872. The lowest BCUT2D eigenvalue weighted by Crippen LogP contribution is -2.60. The maximum Gasteiger partial charge on any atom is 0.173 e. The number of piperazine rings is 1. The molecule has 6 rings (SSSR count). The van der Waals surface area contributed by atoms with Crippen molar-refractivity contribution in [2.24, 2.45) is 23.7 Å². The molecule has 4 bridgehead atoms. The molecule has 0 amide bonds. The summed E-state index contributed by atoms with van der Waals surface area (Å²) in [7, 11) is 0. The highest BCUT2D eigenvalue weighted by Gasteiger charge is 2.50. The van der Waals surface area contributed by atoms with Gasteiger partial charge in [-0.1, -0.05) is 15.9 Å². The van der Waals surface area contributed by atoms with Crippen molar-refractivity contribution in [2.75, 3.05) is 31.5 Å². The molecule has 5 fully saturated rings. The molecule has 1 heterocycles. The summed E-state index contributed by atoms with van der Waals surface area (Å²) >= 11 is 9.15. The van der Waals surface area contributed by atoms with Gasteiger partial charge >= 0.3 is 0 Å². The van der Waals surface area contributed by atoms with E-state index in [9.17, 15) is 0 Å². The second kappa shape index (κ2) is 7.06. The van der Waals surface area contributed by atoms with E-state index in [1.165, 1.54) is 38.8 Å². The molecule has 26 heavy (non-hydrogen) atoms. The molecule has 5 aliphatic rings. The number of anilines is 1. The molecule has 140 valence electrons. The Bertz CT molecular complexity index is 640. The van der Waals surface area contributed by atoms with Gasteiger partial charge in [0.2, 0.25) is 0 Å². The van der Waals surface area contributed by atoms with Gasteiger partial charge in [0.15, 0.2) is 5.11 Å². The average molecular weight is 434 g/mol. The van der Waals surface area contributed by atoms with Gasteiger partial charge in [-0.05, 0) is 92.3 Å². The quantitative estimate of drug-likeness (QED) is 0.687. The van der Waals surface area contributed by atoms with Crippen molar-refractivity contribution in [2.45, 2.75) is 38.1 Å². The van der Waals surface area contributed by atoms with Crippen LogP contribution in [0.1, 0.15) is 32.1 Å². The second-order valence-electron chi connectivity index (χ2n) is 8.88. The first-order valence-electron chi connectivity index (χ1n) is 10.2. The van der Waals surface area contributed by atoms with Crippen molar-refractivity contribution in [3.63, 3.8) is 0 Å². The molecule has 1 aromatic carbocycles. The minimum absolute atomic E-state index is 0.872. The lowest BCUT2D eigenvalue weighted by Gasteiger charge is -2.58. The van der Waals surface area contributed by atoms with Crippen LogP contribution < -0.4 is 5.32 Å². The zero-order chi connectivity index (χ0) is 17.7. The van der Waals surface area contributed by atoms with Gasteiger partial charge in [-0.2, -0.15) is 0 Å². The van der Waals surface area contributed by atoms with Crippen LogP contribution in [0.4, 0.5) is 5.69 Å². The van der Waals surface area contributed by atoms with Crippen molar-refractivity contribution in [3.8, 4) is 0 Å². The lowest BCUT2D eigenvalue weighted by atomic mass is 9.54. The predicted molar refractivity (Wildman–Crippen MR) is 114 cm³/mol. The van der Waals surface area contributed by atoms with Crippen LogP contribution in [0.15, 0.2) is 28.7 Å². The third kappa shape index (κ3) is 3.31. The van der Waals surface area contributed by atoms with Crippen molar-refractivity contribution in [1.29, 1.82) is 0 Å². The van der Waals surface area contributed by atoms with Gasteiger partial charge in [0.25, 0.3) is 0 Å². The van der Waals surface area contributed by atoms with Crippen molar-refractivity contribution in [1.82, 2.24) is 9.80 Å². The Morgan fingerprint density at radius 1 is 0.885 bits per heavy atom. The molecular weight excluding hydrogens is 406 g/mol. The molecule has 5 heteroatoms. The Hall–Kier alpha value is -0.650. The normalized spacial score (nSPS) is 36.3. The molecule has 0 aromatic heterocycles. The maximum absolute atomic E-state index is 5.67. The summed E-state index contributed by atoms with van der Waals surface area (Å²) in [5, 5.41) is 4.28. The number of nitrogens with one attached hydrogen (secondary N) is 1. The summed E-state index contributed by atoms with van der Waals surface area (Å²) in [5.41, 5.74) is 1.07. The van der Waals surface area contributed by atoms with Gasteiger partial charge in [-0.3, -0.25) is 4.90 Å². The third-order valence-electron chi connectivity index (χ3n) is 7.30. The molecule has 4 saturated carbocycles. The van der Waals surface area contributed by atoms with Gasteiger partial charge in [-0.15, -0.1) is 0 Å². The van der Waals surface area contributed by atoms with Crippen molar-refractivity contribution >= 4 is 38.9 Å². The third-order valence-corrected chi connectivity index (χ3v) is 8.18. The van der Waals surface area contributed by atoms with E-state index in [1.54, 1.807) is 6.42 Å². The van der Waals surface area contributed by atoms with Gasteiger partial charge in [0, 0.05) is 42.4 Å². The van der Waals surface area contributed by atoms with Gasteiger partial charge in [0.05, 0.1) is 0 Å². The van der Waals surface area contributed by atoms with Gasteiger partial charge in [0.1, 0.15) is 0 Å². The molecule has 0 spiro atoms. The first kappa shape index (κ1) is 17.4. The Morgan fingerprint density at radius 3 is 2.04 bits per heavy atom. The van der Waals surface area contributed by atoms with Crippen LogP contribution >= 0.6 is 28.1 Å². The van der Waals surface area contributed by atoms with E-state index in [0.717, 1.165) is 58.1 Å². The number of hydrogen-bond donors (Lipinski definition) is 1. The number of hydrogen-bond acceptors (Lipinski definition) is 2. The summed E-state index contributed by atoms with van der Waals surface area (Å²) in [6, 6.07) is 9.12. The predicted octanol–water partition coefficient (Wildman–Crippen LogP) is 4.59. The van der Waals surface area contributed by atoms with Crippen molar-refractivity contribution < 1.29 is 0 Å². The molecule has 4 aliphatic carbocycles. The van der Waals surface area contributed by atoms with E-state index < -0.39 is 0 Å². The van der Waals surface area contributed by atoms with Crippen LogP contribution in [0.2, 0.25) is 0 Å². The summed E-state index contributed by atoms with van der Waals surface area (Å²) in [4.78, 5) is 5.18. The number of nitrogens with zero attached hydrogens (tertiary/aromatic N) is 2. The van der Waals surface area contributed by atoms with Crippen LogP contribution in [-0.2, 0) is 0 Å². The number of benzene rings is 1. The van der Waals surface area contributed by atoms with Crippen LogP contribution in [0, 0.1) is 23.7 Å². The fourth-order valence-corrected chi connectivity index (χ4v) is 7.02.